The van der Waals surface area contributed by atoms with Crippen molar-refractivity contribution >= 4 is 17.7 Å². The van der Waals surface area contributed by atoms with E-state index in [4.69, 9.17) is 5.11 Å². The fourth-order valence-electron chi connectivity index (χ4n) is 1.69. The minimum atomic E-state index is -0.926. The molecule has 6 heteroatoms. The Hall–Kier alpha value is -2.11. The molecule has 5 nitrogen and oxygen atoms in total. The number of carboxylic acids is 1. The summed E-state index contributed by atoms with van der Waals surface area (Å²) in [5, 5.41) is 13.7. The minimum Gasteiger partial charge on any atom is -0.481 e. The summed E-state index contributed by atoms with van der Waals surface area (Å²) in [5.41, 5.74) is -0.160. The van der Waals surface area contributed by atoms with Crippen molar-refractivity contribution in [2.75, 3.05) is 5.32 Å². The lowest BCUT2D eigenvalue weighted by Crippen LogP contribution is -2.45. The molecule has 2 amide bonds. The number of nitrogens with one attached hydrogen (secondary N) is 2. The predicted molar refractivity (Wildman–Crippen MR) is 74.2 cm³/mol. The number of carbonyl (C=O) groups excluding carboxylic acids is 1. The zero-order chi connectivity index (χ0) is 15.3. The third-order valence-electron chi connectivity index (χ3n) is 2.86. The SMILES string of the molecule is Cc1cccc(NC(=O)NC(C)(C)CCC(=O)O)c1F. The van der Waals surface area contributed by atoms with Crippen LogP contribution in [0.5, 0.6) is 0 Å². The molecular formula is C14H19FN2O3. The van der Waals surface area contributed by atoms with E-state index in [1.54, 1.807) is 32.9 Å². The third-order valence-corrected chi connectivity index (χ3v) is 2.86. The molecule has 0 unspecified atom stereocenters. The normalized spacial score (nSPS) is 11.0. The number of halogens is 1. The van der Waals surface area contributed by atoms with Gasteiger partial charge in [-0.15, -0.1) is 0 Å². The van der Waals surface area contributed by atoms with Crippen LogP contribution >= 0.6 is 0 Å². The van der Waals surface area contributed by atoms with Crippen LogP contribution in [0.3, 0.4) is 0 Å². The number of benzene rings is 1. The maximum Gasteiger partial charge on any atom is 0.319 e. The lowest BCUT2D eigenvalue weighted by molar-refractivity contribution is -0.137. The van der Waals surface area contributed by atoms with E-state index >= 15 is 0 Å². The second kappa shape index (κ2) is 6.36. The average Bonchev–Trinajstić information content (AvgIpc) is 2.32. The molecule has 3 N–H and O–H groups in total. The molecule has 1 aromatic rings. The van der Waals surface area contributed by atoms with Crippen molar-refractivity contribution in [2.45, 2.75) is 39.2 Å². The number of rotatable bonds is 5. The molecule has 0 aliphatic rings. The van der Waals surface area contributed by atoms with Crippen molar-refractivity contribution in [2.24, 2.45) is 0 Å². The highest BCUT2D eigenvalue weighted by molar-refractivity contribution is 5.90. The van der Waals surface area contributed by atoms with Gasteiger partial charge in [0.25, 0.3) is 0 Å². The van der Waals surface area contributed by atoms with Gasteiger partial charge in [0, 0.05) is 12.0 Å². The van der Waals surface area contributed by atoms with Crippen LogP contribution in [0.4, 0.5) is 14.9 Å². The van der Waals surface area contributed by atoms with Crippen LogP contribution in [-0.2, 0) is 4.79 Å². The molecule has 0 saturated heterocycles. The van der Waals surface area contributed by atoms with E-state index in [9.17, 15) is 14.0 Å². The summed E-state index contributed by atoms with van der Waals surface area (Å²) in [6, 6.07) is 4.15. The first-order valence-electron chi connectivity index (χ1n) is 6.27. The molecule has 110 valence electrons. The van der Waals surface area contributed by atoms with Crippen LogP contribution in [0.2, 0.25) is 0 Å². The van der Waals surface area contributed by atoms with E-state index in [-0.39, 0.29) is 18.5 Å². The van der Waals surface area contributed by atoms with Gasteiger partial charge in [0.1, 0.15) is 5.82 Å². The predicted octanol–water partition coefficient (Wildman–Crippen LogP) is 2.90. The van der Waals surface area contributed by atoms with Gasteiger partial charge in [0.2, 0.25) is 0 Å². The van der Waals surface area contributed by atoms with Gasteiger partial charge in [-0.2, -0.15) is 0 Å². The second-order valence-electron chi connectivity index (χ2n) is 5.29. The number of carbonyl (C=O) groups is 2. The molecule has 1 aromatic carbocycles. The van der Waals surface area contributed by atoms with Gasteiger partial charge in [-0.1, -0.05) is 12.1 Å². The van der Waals surface area contributed by atoms with E-state index in [0.717, 1.165) is 0 Å². The molecule has 0 atom stereocenters. The highest BCUT2D eigenvalue weighted by Gasteiger charge is 2.22. The smallest absolute Gasteiger partial charge is 0.319 e. The van der Waals surface area contributed by atoms with Crippen molar-refractivity contribution in [3.05, 3.63) is 29.6 Å². The fraction of sp³-hybridized carbons (Fsp3) is 0.429. The number of hydrogen-bond donors (Lipinski definition) is 3. The Morgan fingerprint density at radius 2 is 2.00 bits per heavy atom. The Balaban J connectivity index is 2.63. The van der Waals surface area contributed by atoms with Gasteiger partial charge in [-0.05, 0) is 38.8 Å². The van der Waals surface area contributed by atoms with Gasteiger partial charge in [0.15, 0.2) is 0 Å². The molecule has 1 rings (SSSR count). The average molecular weight is 282 g/mol. The van der Waals surface area contributed by atoms with E-state index in [2.05, 4.69) is 10.6 Å². The summed E-state index contributed by atoms with van der Waals surface area (Å²) in [7, 11) is 0. The monoisotopic (exact) mass is 282 g/mol. The Bertz CT molecular complexity index is 515. The van der Waals surface area contributed by atoms with Crippen LogP contribution in [0.15, 0.2) is 18.2 Å². The Labute approximate surface area is 117 Å². The molecule has 0 fully saturated rings. The quantitative estimate of drug-likeness (QED) is 0.777. The highest BCUT2D eigenvalue weighted by Crippen LogP contribution is 2.17. The van der Waals surface area contributed by atoms with Crippen molar-refractivity contribution in [1.29, 1.82) is 0 Å². The summed E-state index contributed by atoms with van der Waals surface area (Å²) in [6.45, 7) is 5.03. The summed E-state index contributed by atoms with van der Waals surface area (Å²) in [6.07, 6.45) is 0.234. The molecular weight excluding hydrogens is 263 g/mol. The largest absolute Gasteiger partial charge is 0.481 e. The molecule has 20 heavy (non-hydrogen) atoms. The number of carboxylic acid groups (broad SMARTS) is 1. The first-order valence-corrected chi connectivity index (χ1v) is 6.27. The lowest BCUT2D eigenvalue weighted by atomic mass is 9.99. The highest BCUT2D eigenvalue weighted by atomic mass is 19.1. The number of aliphatic carboxylic acids is 1. The molecule has 0 heterocycles. The standard InChI is InChI=1S/C14H19FN2O3/c1-9-5-4-6-10(12(9)15)16-13(20)17-14(2,3)8-7-11(18)19/h4-6H,7-8H2,1-3H3,(H,18,19)(H2,16,17,20). The minimum absolute atomic E-state index is 0.0495. The summed E-state index contributed by atoms with van der Waals surface area (Å²) in [4.78, 5) is 22.3. The van der Waals surface area contributed by atoms with E-state index < -0.39 is 23.4 Å². The zero-order valence-corrected chi connectivity index (χ0v) is 11.8. The van der Waals surface area contributed by atoms with E-state index in [0.29, 0.717) is 5.56 Å². The van der Waals surface area contributed by atoms with Crippen LogP contribution in [0, 0.1) is 12.7 Å². The summed E-state index contributed by atoms with van der Waals surface area (Å²) < 4.78 is 13.7. The topological polar surface area (TPSA) is 78.4 Å². The maximum absolute atomic E-state index is 13.7. The van der Waals surface area contributed by atoms with Crippen molar-refractivity contribution < 1.29 is 19.1 Å². The number of urea groups is 1. The summed E-state index contributed by atoms with van der Waals surface area (Å²) >= 11 is 0. The first kappa shape index (κ1) is 15.9. The molecule has 0 saturated carbocycles. The molecule has 0 spiro atoms. The van der Waals surface area contributed by atoms with Crippen LogP contribution < -0.4 is 10.6 Å². The number of amides is 2. The summed E-state index contributed by atoms with van der Waals surface area (Å²) in [5.74, 6) is -1.41. The van der Waals surface area contributed by atoms with Gasteiger partial charge >= 0.3 is 12.0 Å². The second-order valence-corrected chi connectivity index (χ2v) is 5.29. The Kier molecular flexibility index (Phi) is 5.07. The lowest BCUT2D eigenvalue weighted by Gasteiger charge is -2.25. The maximum atomic E-state index is 13.7. The zero-order valence-electron chi connectivity index (χ0n) is 11.8. The number of hydrogen-bond acceptors (Lipinski definition) is 2. The molecule has 0 aliphatic carbocycles. The van der Waals surface area contributed by atoms with Crippen molar-refractivity contribution in [1.82, 2.24) is 5.32 Å². The molecule has 0 aromatic heterocycles. The van der Waals surface area contributed by atoms with E-state index in [1.807, 2.05) is 0 Å². The molecule has 0 bridgehead atoms. The van der Waals surface area contributed by atoms with Gasteiger partial charge in [-0.3, -0.25) is 4.79 Å². The molecule has 0 radical (unpaired) electrons. The van der Waals surface area contributed by atoms with Crippen LogP contribution in [-0.4, -0.2) is 22.6 Å². The Morgan fingerprint density at radius 1 is 1.35 bits per heavy atom. The van der Waals surface area contributed by atoms with Gasteiger partial charge in [-0.25, -0.2) is 9.18 Å². The first-order chi connectivity index (χ1) is 9.21. The fourth-order valence-corrected chi connectivity index (χ4v) is 1.69. The van der Waals surface area contributed by atoms with Gasteiger partial charge < -0.3 is 15.7 Å². The third kappa shape index (κ3) is 4.87. The molecule has 0 aliphatic heterocycles. The van der Waals surface area contributed by atoms with E-state index in [1.165, 1.54) is 6.07 Å². The van der Waals surface area contributed by atoms with Crippen LogP contribution in [0.1, 0.15) is 32.3 Å². The Morgan fingerprint density at radius 3 is 2.60 bits per heavy atom. The van der Waals surface area contributed by atoms with Crippen molar-refractivity contribution in [3.8, 4) is 0 Å². The number of anilines is 1. The number of aryl methyl sites for hydroxylation is 1. The van der Waals surface area contributed by atoms with Gasteiger partial charge in [0.05, 0.1) is 5.69 Å². The van der Waals surface area contributed by atoms with Crippen LogP contribution in [0.25, 0.3) is 0 Å². The van der Waals surface area contributed by atoms with Crippen molar-refractivity contribution in [3.63, 3.8) is 0 Å².